The number of carbonyl (C=O) groups is 1. The summed E-state index contributed by atoms with van der Waals surface area (Å²) >= 11 is 0. The van der Waals surface area contributed by atoms with E-state index in [1.807, 2.05) is 0 Å². The molecule has 0 aliphatic carbocycles. The summed E-state index contributed by atoms with van der Waals surface area (Å²) in [7, 11) is 0. The fourth-order valence-corrected chi connectivity index (χ4v) is 1.32. The molecule has 7 nitrogen and oxygen atoms in total. The van der Waals surface area contributed by atoms with Crippen LogP contribution in [-0.4, -0.2) is 32.4 Å². The van der Waals surface area contributed by atoms with E-state index in [0.717, 1.165) is 13.0 Å². The van der Waals surface area contributed by atoms with Crippen LogP contribution in [0.5, 0.6) is 0 Å². The number of hydrogen-bond donors (Lipinski definition) is 2. The Bertz CT molecular complexity index is 528. The normalized spacial score (nSPS) is 9.95. The highest BCUT2D eigenvalue weighted by atomic mass is 16.2. The van der Waals surface area contributed by atoms with Crippen LogP contribution >= 0.6 is 0 Å². The topological polar surface area (TPSA) is 92.7 Å². The van der Waals surface area contributed by atoms with Gasteiger partial charge >= 0.3 is 0 Å². The monoisotopic (exact) mass is 258 g/mol. The zero-order valence-electron chi connectivity index (χ0n) is 10.5. The van der Waals surface area contributed by atoms with Gasteiger partial charge in [0, 0.05) is 18.9 Å². The second-order valence-corrected chi connectivity index (χ2v) is 3.74. The first-order valence-corrected chi connectivity index (χ1v) is 5.94. The Morgan fingerprint density at radius 1 is 1.16 bits per heavy atom. The van der Waals surface area contributed by atoms with Crippen LogP contribution in [-0.2, 0) is 0 Å². The van der Waals surface area contributed by atoms with Gasteiger partial charge in [0.2, 0.25) is 5.95 Å². The highest BCUT2D eigenvalue weighted by Crippen LogP contribution is 2.03. The van der Waals surface area contributed by atoms with Crippen molar-refractivity contribution < 1.29 is 4.79 Å². The number of hydrogen-bond acceptors (Lipinski definition) is 6. The first-order chi connectivity index (χ1) is 9.29. The summed E-state index contributed by atoms with van der Waals surface area (Å²) in [5.74, 6) is 0.498. The van der Waals surface area contributed by atoms with Crippen LogP contribution in [0.3, 0.4) is 0 Å². The smallest absolute Gasteiger partial charge is 0.278 e. The van der Waals surface area contributed by atoms with Gasteiger partial charge in [-0.1, -0.05) is 6.92 Å². The minimum Gasteiger partial charge on any atom is -0.369 e. The lowest BCUT2D eigenvalue weighted by molar-refractivity contribution is 0.102. The Balaban J connectivity index is 1.99. The van der Waals surface area contributed by atoms with Crippen LogP contribution in [0.2, 0.25) is 0 Å². The van der Waals surface area contributed by atoms with E-state index in [1.54, 1.807) is 18.5 Å². The van der Waals surface area contributed by atoms with Crippen molar-refractivity contribution in [2.75, 3.05) is 17.2 Å². The number of rotatable bonds is 5. The summed E-state index contributed by atoms with van der Waals surface area (Å²) in [5, 5.41) is 5.62. The Labute approximate surface area is 110 Å². The first-order valence-electron chi connectivity index (χ1n) is 5.94. The molecule has 0 aromatic carbocycles. The number of carbonyl (C=O) groups excluding carboxylic acids is 1. The zero-order valence-corrected chi connectivity index (χ0v) is 10.5. The Hall–Kier alpha value is -2.57. The van der Waals surface area contributed by atoms with E-state index < -0.39 is 0 Å². The van der Waals surface area contributed by atoms with E-state index in [9.17, 15) is 4.79 Å². The second kappa shape index (κ2) is 6.39. The number of nitrogens with one attached hydrogen (secondary N) is 2. The summed E-state index contributed by atoms with van der Waals surface area (Å²) < 4.78 is 0. The summed E-state index contributed by atoms with van der Waals surface area (Å²) in [6, 6.07) is 1.67. The van der Waals surface area contributed by atoms with E-state index in [1.165, 1.54) is 12.4 Å². The SMILES string of the molecule is CCCNc1cnc(C(=O)Nc2ncccn2)cn1. The fraction of sp³-hybridized carbons (Fsp3) is 0.250. The second-order valence-electron chi connectivity index (χ2n) is 3.74. The van der Waals surface area contributed by atoms with Gasteiger partial charge in [0.15, 0.2) is 0 Å². The van der Waals surface area contributed by atoms with Gasteiger partial charge in [0.05, 0.1) is 12.4 Å². The van der Waals surface area contributed by atoms with Crippen LogP contribution in [0.25, 0.3) is 0 Å². The van der Waals surface area contributed by atoms with Crippen LogP contribution in [0, 0.1) is 0 Å². The van der Waals surface area contributed by atoms with Crippen molar-refractivity contribution in [1.82, 2.24) is 19.9 Å². The van der Waals surface area contributed by atoms with Crippen molar-refractivity contribution in [3.05, 3.63) is 36.5 Å². The average Bonchev–Trinajstić information content (AvgIpc) is 2.46. The third-order valence-corrected chi connectivity index (χ3v) is 2.23. The third kappa shape index (κ3) is 3.70. The highest BCUT2D eigenvalue weighted by molar-refractivity contribution is 6.01. The van der Waals surface area contributed by atoms with E-state index in [0.29, 0.717) is 5.82 Å². The Kier molecular flexibility index (Phi) is 4.33. The standard InChI is InChI=1S/C12H14N6O/c1-2-4-13-10-8-16-9(7-17-10)11(19)18-12-14-5-3-6-15-12/h3,5-8H,2,4H2,1H3,(H,13,17)(H,14,15,18,19). The molecule has 0 fully saturated rings. The van der Waals surface area contributed by atoms with Crippen molar-refractivity contribution in [3.8, 4) is 0 Å². The molecule has 0 aliphatic rings. The Morgan fingerprint density at radius 2 is 1.95 bits per heavy atom. The molecular formula is C12H14N6O. The Morgan fingerprint density at radius 3 is 2.58 bits per heavy atom. The van der Waals surface area contributed by atoms with Crippen molar-refractivity contribution >= 4 is 17.7 Å². The van der Waals surface area contributed by atoms with Gasteiger partial charge in [-0.25, -0.2) is 19.9 Å². The maximum atomic E-state index is 11.8. The summed E-state index contributed by atoms with van der Waals surface area (Å²) in [5.41, 5.74) is 0.217. The lowest BCUT2D eigenvalue weighted by atomic mass is 10.4. The molecule has 2 rings (SSSR count). The van der Waals surface area contributed by atoms with E-state index in [-0.39, 0.29) is 17.5 Å². The van der Waals surface area contributed by atoms with E-state index in [4.69, 9.17) is 0 Å². The molecular weight excluding hydrogens is 244 g/mol. The fourth-order valence-electron chi connectivity index (χ4n) is 1.32. The molecule has 0 radical (unpaired) electrons. The number of amides is 1. The molecule has 7 heteroatoms. The van der Waals surface area contributed by atoms with E-state index >= 15 is 0 Å². The molecule has 2 heterocycles. The lowest BCUT2D eigenvalue weighted by Crippen LogP contribution is -2.16. The van der Waals surface area contributed by atoms with Gasteiger partial charge < -0.3 is 5.32 Å². The maximum absolute atomic E-state index is 11.8. The van der Waals surface area contributed by atoms with Gasteiger partial charge in [-0.05, 0) is 12.5 Å². The van der Waals surface area contributed by atoms with Gasteiger partial charge in [-0.15, -0.1) is 0 Å². The summed E-state index contributed by atoms with van der Waals surface area (Å²) in [6.45, 7) is 2.88. The van der Waals surface area contributed by atoms with Gasteiger partial charge in [0.25, 0.3) is 5.91 Å². The van der Waals surface area contributed by atoms with Crippen LogP contribution in [0.4, 0.5) is 11.8 Å². The summed E-state index contributed by atoms with van der Waals surface area (Å²) in [6.07, 6.45) is 7.03. The summed E-state index contributed by atoms with van der Waals surface area (Å²) in [4.78, 5) is 27.8. The van der Waals surface area contributed by atoms with Crippen LogP contribution in [0.15, 0.2) is 30.9 Å². The van der Waals surface area contributed by atoms with Gasteiger partial charge in [-0.3, -0.25) is 10.1 Å². The molecule has 98 valence electrons. The molecule has 2 aromatic rings. The maximum Gasteiger partial charge on any atom is 0.278 e. The number of aromatic nitrogens is 4. The molecule has 0 bridgehead atoms. The first kappa shape index (κ1) is 12.9. The predicted octanol–water partition coefficient (Wildman–Crippen LogP) is 1.34. The van der Waals surface area contributed by atoms with E-state index in [2.05, 4.69) is 37.5 Å². The lowest BCUT2D eigenvalue weighted by Gasteiger charge is -2.04. The molecule has 0 spiro atoms. The quantitative estimate of drug-likeness (QED) is 0.840. The molecule has 0 saturated carbocycles. The zero-order chi connectivity index (χ0) is 13.5. The van der Waals surface area contributed by atoms with Crippen LogP contribution in [0.1, 0.15) is 23.8 Å². The van der Waals surface area contributed by atoms with Crippen molar-refractivity contribution in [2.45, 2.75) is 13.3 Å². The predicted molar refractivity (Wildman–Crippen MR) is 70.8 cm³/mol. The van der Waals surface area contributed by atoms with Crippen LogP contribution < -0.4 is 10.6 Å². The highest BCUT2D eigenvalue weighted by Gasteiger charge is 2.09. The molecule has 2 aromatic heterocycles. The minimum atomic E-state index is -0.388. The van der Waals surface area contributed by atoms with Gasteiger partial charge in [0.1, 0.15) is 11.5 Å². The molecule has 0 saturated heterocycles. The molecule has 0 unspecified atom stereocenters. The van der Waals surface area contributed by atoms with Crippen molar-refractivity contribution in [3.63, 3.8) is 0 Å². The average molecular weight is 258 g/mol. The molecule has 0 atom stereocenters. The molecule has 19 heavy (non-hydrogen) atoms. The van der Waals surface area contributed by atoms with Crippen molar-refractivity contribution in [1.29, 1.82) is 0 Å². The molecule has 2 N–H and O–H groups in total. The third-order valence-electron chi connectivity index (χ3n) is 2.23. The number of nitrogens with zero attached hydrogens (tertiary/aromatic N) is 4. The van der Waals surface area contributed by atoms with Crippen molar-refractivity contribution in [2.24, 2.45) is 0 Å². The minimum absolute atomic E-state index is 0.217. The number of anilines is 2. The largest absolute Gasteiger partial charge is 0.369 e. The molecule has 0 aliphatic heterocycles. The molecule has 1 amide bonds. The van der Waals surface area contributed by atoms with Gasteiger partial charge in [-0.2, -0.15) is 0 Å².